The van der Waals surface area contributed by atoms with Crippen LogP contribution in [0.25, 0.3) is 11.3 Å². The molecular weight excluding hydrogens is 240 g/mol. The normalized spacial score (nSPS) is 10.9. The van der Waals surface area contributed by atoms with Crippen LogP contribution in [0.4, 0.5) is 0 Å². The first-order chi connectivity index (χ1) is 9.17. The van der Waals surface area contributed by atoms with Gasteiger partial charge in [0.2, 0.25) is 0 Å². The maximum absolute atomic E-state index is 11.4. The Hall–Kier alpha value is -2.10. The Bertz CT molecular complexity index is 557. The fourth-order valence-corrected chi connectivity index (χ4v) is 2.21. The minimum Gasteiger partial charge on any atom is -0.478 e. The van der Waals surface area contributed by atoms with Gasteiger partial charge in [0.15, 0.2) is 0 Å². The smallest absolute Gasteiger partial charge is 0.339 e. The molecule has 0 fully saturated rings. The molecule has 0 spiro atoms. The predicted molar refractivity (Wildman–Crippen MR) is 74.2 cm³/mol. The number of rotatable bonds is 5. The molecule has 0 radical (unpaired) electrons. The number of benzene rings is 1. The molecular formula is C15H18N2O2. The van der Waals surface area contributed by atoms with Gasteiger partial charge in [-0.15, -0.1) is 0 Å². The molecule has 100 valence electrons. The molecule has 1 heterocycles. The van der Waals surface area contributed by atoms with Crippen LogP contribution in [0.15, 0.2) is 36.5 Å². The van der Waals surface area contributed by atoms with Crippen molar-refractivity contribution in [3.05, 3.63) is 42.1 Å². The molecule has 0 aliphatic heterocycles. The van der Waals surface area contributed by atoms with Gasteiger partial charge in [0, 0.05) is 11.8 Å². The number of carboxylic acids is 1. The zero-order valence-corrected chi connectivity index (χ0v) is 11.2. The average Bonchev–Trinajstić information content (AvgIpc) is 2.86. The first kappa shape index (κ1) is 13.3. The van der Waals surface area contributed by atoms with Gasteiger partial charge in [-0.1, -0.05) is 44.2 Å². The lowest BCUT2D eigenvalue weighted by molar-refractivity contribution is 0.0697. The van der Waals surface area contributed by atoms with Gasteiger partial charge in [-0.25, -0.2) is 4.79 Å². The highest BCUT2D eigenvalue weighted by atomic mass is 16.4. The van der Waals surface area contributed by atoms with Gasteiger partial charge in [-0.3, -0.25) is 4.68 Å². The minimum atomic E-state index is -0.934. The second-order valence-corrected chi connectivity index (χ2v) is 4.51. The van der Waals surface area contributed by atoms with Crippen molar-refractivity contribution in [2.45, 2.75) is 32.7 Å². The molecule has 0 aliphatic carbocycles. The molecule has 1 N–H and O–H groups in total. The van der Waals surface area contributed by atoms with Gasteiger partial charge >= 0.3 is 5.97 Å². The Morgan fingerprint density at radius 2 is 1.89 bits per heavy atom. The second kappa shape index (κ2) is 5.69. The van der Waals surface area contributed by atoms with Crippen LogP contribution >= 0.6 is 0 Å². The van der Waals surface area contributed by atoms with E-state index in [1.54, 1.807) is 10.9 Å². The number of aromatic nitrogens is 2. The van der Waals surface area contributed by atoms with Crippen molar-refractivity contribution in [1.29, 1.82) is 0 Å². The van der Waals surface area contributed by atoms with Crippen molar-refractivity contribution in [3.63, 3.8) is 0 Å². The van der Waals surface area contributed by atoms with E-state index in [0.717, 1.165) is 18.4 Å². The van der Waals surface area contributed by atoms with Gasteiger partial charge in [-0.05, 0) is 12.8 Å². The Morgan fingerprint density at radius 1 is 1.26 bits per heavy atom. The van der Waals surface area contributed by atoms with Crippen LogP contribution in [-0.2, 0) is 0 Å². The lowest BCUT2D eigenvalue weighted by atomic mass is 10.1. The summed E-state index contributed by atoms with van der Waals surface area (Å²) < 4.78 is 1.78. The SMILES string of the molecule is CCC(CC)n1cc(C(=O)O)c(-c2ccccc2)n1. The van der Waals surface area contributed by atoms with Crippen LogP contribution < -0.4 is 0 Å². The summed E-state index contributed by atoms with van der Waals surface area (Å²) in [5.74, 6) is -0.934. The fourth-order valence-electron chi connectivity index (χ4n) is 2.21. The summed E-state index contributed by atoms with van der Waals surface area (Å²) in [5.41, 5.74) is 1.64. The topological polar surface area (TPSA) is 55.1 Å². The highest BCUT2D eigenvalue weighted by Gasteiger charge is 2.19. The molecule has 4 heteroatoms. The van der Waals surface area contributed by atoms with Crippen molar-refractivity contribution in [2.24, 2.45) is 0 Å². The van der Waals surface area contributed by atoms with E-state index in [0.29, 0.717) is 5.69 Å². The highest BCUT2D eigenvalue weighted by Crippen LogP contribution is 2.25. The van der Waals surface area contributed by atoms with E-state index in [1.165, 1.54) is 0 Å². The predicted octanol–water partition coefficient (Wildman–Crippen LogP) is 3.61. The molecule has 4 nitrogen and oxygen atoms in total. The second-order valence-electron chi connectivity index (χ2n) is 4.51. The van der Waals surface area contributed by atoms with E-state index >= 15 is 0 Å². The lowest BCUT2D eigenvalue weighted by Gasteiger charge is -2.12. The summed E-state index contributed by atoms with van der Waals surface area (Å²) in [4.78, 5) is 11.4. The number of carbonyl (C=O) groups is 1. The molecule has 2 aromatic rings. The largest absolute Gasteiger partial charge is 0.478 e. The maximum atomic E-state index is 11.4. The third-order valence-electron chi connectivity index (χ3n) is 3.33. The van der Waals surface area contributed by atoms with Gasteiger partial charge in [0.1, 0.15) is 11.3 Å². The Labute approximate surface area is 112 Å². The fraction of sp³-hybridized carbons (Fsp3) is 0.333. The number of nitrogens with zero attached hydrogens (tertiary/aromatic N) is 2. The Kier molecular flexibility index (Phi) is 4.00. The highest BCUT2D eigenvalue weighted by molar-refractivity contribution is 5.94. The summed E-state index contributed by atoms with van der Waals surface area (Å²) in [6, 6.07) is 9.68. The summed E-state index contributed by atoms with van der Waals surface area (Å²) in [5, 5.41) is 13.8. The molecule has 1 aromatic carbocycles. The Balaban J connectivity index is 2.51. The van der Waals surface area contributed by atoms with Crippen molar-refractivity contribution in [3.8, 4) is 11.3 Å². The molecule has 0 saturated carbocycles. The van der Waals surface area contributed by atoms with E-state index in [-0.39, 0.29) is 11.6 Å². The van der Waals surface area contributed by atoms with E-state index in [4.69, 9.17) is 0 Å². The van der Waals surface area contributed by atoms with Crippen molar-refractivity contribution < 1.29 is 9.90 Å². The van der Waals surface area contributed by atoms with Crippen molar-refractivity contribution in [1.82, 2.24) is 9.78 Å². The van der Waals surface area contributed by atoms with E-state index < -0.39 is 5.97 Å². The van der Waals surface area contributed by atoms with Gasteiger partial charge in [0.05, 0.1) is 6.04 Å². The number of aromatic carboxylic acids is 1. The summed E-state index contributed by atoms with van der Waals surface area (Å²) in [6.45, 7) is 4.16. The number of carboxylic acid groups (broad SMARTS) is 1. The zero-order valence-electron chi connectivity index (χ0n) is 11.2. The van der Waals surface area contributed by atoms with Crippen LogP contribution in [-0.4, -0.2) is 20.9 Å². The van der Waals surface area contributed by atoms with E-state index in [2.05, 4.69) is 18.9 Å². The van der Waals surface area contributed by atoms with Gasteiger partial charge < -0.3 is 5.11 Å². The average molecular weight is 258 g/mol. The van der Waals surface area contributed by atoms with Crippen molar-refractivity contribution in [2.75, 3.05) is 0 Å². The molecule has 0 atom stereocenters. The molecule has 1 aromatic heterocycles. The summed E-state index contributed by atoms with van der Waals surface area (Å²) in [6.07, 6.45) is 3.51. The van der Waals surface area contributed by atoms with Crippen LogP contribution in [0.5, 0.6) is 0 Å². The monoisotopic (exact) mass is 258 g/mol. The lowest BCUT2D eigenvalue weighted by Crippen LogP contribution is -2.07. The van der Waals surface area contributed by atoms with E-state index in [1.807, 2.05) is 30.3 Å². The summed E-state index contributed by atoms with van der Waals surface area (Å²) in [7, 11) is 0. The Morgan fingerprint density at radius 3 is 2.42 bits per heavy atom. The minimum absolute atomic E-state index is 0.246. The molecule has 0 unspecified atom stereocenters. The number of hydrogen-bond donors (Lipinski definition) is 1. The third-order valence-corrected chi connectivity index (χ3v) is 3.33. The molecule has 0 aliphatic rings. The molecule has 0 amide bonds. The summed E-state index contributed by atoms with van der Waals surface area (Å²) >= 11 is 0. The first-order valence-corrected chi connectivity index (χ1v) is 6.55. The maximum Gasteiger partial charge on any atom is 0.339 e. The van der Waals surface area contributed by atoms with E-state index in [9.17, 15) is 9.90 Å². The van der Waals surface area contributed by atoms with Crippen LogP contribution in [0.2, 0.25) is 0 Å². The third kappa shape index (κ3) is 2.67. The standard InChI is InChI=1S/C15H18N2O2/c1-3-12(4-2)17-10-13(15(18)19)14(16-17)11-8-6-5-7-9-11/h5-10,12H,3-4H2,1-2H3,(H,18,19). The quantitative estimate of drug-likeness (QED) is 0.891. The molecule has 19 heavy (non-hydrogen) atoms. The first-order valence-electron chi connectivity index (χ1n) is 6.55. The van der Waals surface area contributed by atoms with Crippen LogP contribution in [0.3, 0.4) is 0 Å². The van der Waals surface area contributed by atoms with Crippen LogP contribution in [0.1, 0.15) is 43.1 Å². The molecule has 0 saturated heterocycles. The number of hydrogen-bond acceptors (Lipinski definition) is 2. The molecule has 0 bridgehead atoms. The molecule has 2 rings (SSSR count). The van der Waals surface area contributed by atoms with Gasteiger partial charge in [-0.2, -0.15) is 5.10 Å². The van der Waals surface area contributed by atoms with Crippen molar-refractivity contribution >= 4 is 5.97 Å². The zero-order chi connectivity index (χ0) is 13.8. The van der Waals surface area contributed by atoms with Crippen LogP contribution in [0, 0.1) is 0 Å². The van der Waals surface area contributed by atoms with Gasteiger partial charge in [0.25, 0.3) is 0 Å².